The topological polar surface area (TPSA) is 0 Å². The second-order valence-corrected chi connectivity index (χ2v) is 18.0. The van der Waals surface area contributed by atoms with Gasteiger partial charge in [0.1, 0.15) is 14.8 Å². The molecule has 116 valence electrons. The van der Waals surface area contributed by atoms with Crippen molar-refractivity contribution in [2.45, 2.75) is 39.0 Å². The normalized spacial score (nSPS) is 15.7. The van der Waals surface area contributed by atoms with Gasteiger partial charge in [-0.05, 0) is 0 Å². The van der Waals surface area contributed by atoms with E-state index in [4.69, 9.17) is 22.2 Å². The smallest absolute Gasteiger partial charge is 1.00 e. The van der Waals surface area contributed by atoms with E-state index in [1.807, 2.05) is 0 Å². The minimum atomic E-state index is -1.53. The Morgan fingerprint density at radius 1 is 0.810 bits per heavy atom. The second kappa shape index (κ2) is 11.8. The van der Waals surface area contributed by atoms with Crippen molar-refractivity contribution in [2.75, 3.05) is 0 Å². The van der Waals surface area contributed by atoms with E-state index in [9.17, 15) is 0 Å². The van der Waals surface area contributed by atoms with Gasteiger partial charge in [-0.15, -0.1) is 12.8 Å². The summed E-state index contributed by atoms with van der Waals surface area (Å²) >= 11 is 12.3. The van der Waals surface area contributed by atoms with E-state index >= 15 is 0 Å². The van der Waals surface area contributed by atoms with Crippen LogP contribution in [0.2, 0.25) is 26.2 Å². The summed E-state index contributed by atoms with van der Waals surface area (Å²) in [5.74, 6) is 0. The van der Waals surface area contributed by atoms with Crippen molar-refractivity contribution >= 4 is 36.9 Å². The summed E-state index contributed by atoms with van der Waals surface area (Å²) in [6.07, 6.45) is 16.8. The molecule has 2 rings (SSSR count). The van der Waals surface area contributed by atoms with E-state index in [0.717, 1.165) is 12.8 Å². The molecule has 0 spiro atoms. The summed E-state index contributed by atoms with van der Waals surface area (Å²) in [5.41, 5.74) is 0. The Bertz CT molecular complexity index is 376. The van der Waals surface area contributed by atoms with Crippen LogP contribution in [-0.4, -0.2) is 14.8 Å². The van der Waals surface area contributed by atoms with Gasteiger partial charge in [-0.25, -0.2) is 22.5 Å². The summed E-state index contributed by atoms with van der Waals surface area (Å²) < 4.78 is 0. The van der Waals surface area contributed by atoms with E-state index in [0.29, 0.717) is 0 Å². The van der Waals surface area contributed by atoms with Gasteiger partial charge in [-0.1, -0.05) is 26.2 Å². The third-order valence-corrected chi connectivity index (χ3v) is 7.14. The van der Waals surface area contributed by atoms with Crippen molar-refractivity contribution < 1.29 is 46.5 Å². The van der Waals surface area contributed by atoms with Gasteiger partial charge in [0.05, 0.1) is 0 Å². The van der Waals surface area contributed by atoms with Crippen LogP contribution in [0.5, 0.6) is 0 Å². The molecule has 0 nitrogen and oxygen atoms in total. The van der Waals surface area contributed by atoms with Gasteiger partial charge in [0, 0.05) is 0 Å². The van der Waals surface area contributed by atoms with Gasteiger partial charge in [0.15, 0.2) is 0 Å². The molecule has 7 heteroatoms. The van der Waals surface area contributed by atoms with Crippen LogP contribution < -0.4 is 24.8 Å². The van der Waals surface area contributed by atoms with Crippen molar-refractivity contribution in [2.24, 2.45) is 0 Å². The summed E-state index contributed by atoms with van der Waals surface area (Å²) in [5, 5.41) is 2.51. The zero-order valence-corrected chi connectivity index (χ0v) is 19.3. The van der Waals surface area contributed by atoms with E-state index < -0.39 is 14.8 Å². The van der Waals surface area contributed by atoms with Gasteiger partial charge in [0.25, 0.3) is 0 Å². The van der Waals surface area contributed by atoms with Gasteiger partial charge < -0.3 is 24.8 Å². The van der Waals surface area contributed by atoms with Crippen molar-refractivity contribution in [1.29, 1.82) is 0 Å². The van der Waals surface area contributed by atoms with Crippen LogP contribution in [0.15, 0.2) is 34.7 Å². The van der Waals surface area contributed by atoms with Crippen molar-refractivity contribution in [1.82, 2.24) is 0 Å². The summed E-state index contributed by atoms with van der Waals surface area (Å²) in [6.45, 7) is 8.47. The fourth-order valence-electron chi connectivity index (χ4n) is 1.63. The second-order valence-electron chi connectivity index (χ2n) is 5.34. The molecular weight excluding hydrogens is 414 g/mol. The predicted octanol–water partition coefficient (Wildman–Crippen LogP) is -0.677. The molecule has 0 heterocycles. The fraction of sp³-hybridized carbons (Fsp3) is 0.429. The van der Waals surface area contributed by atoms with Gasteiger partial charge in [-0.2, -0.15) is 34.3 Å². The minimum absolute atomic E-state index is 0. The monoisotopic (exact) mass is 432 g/mol. The van der Waals surface area contributed by atoms with Crippen LogP contribution >= 0.6 is 22.2 Å². The maximum Gasteiger partial charge on any atom is 4.00 e. The third kappa shape index (κ3) is 10.6. The largest absolute Gasteiger partial charge is 4.00 e. The fourth-order valence-corrected chi connectivity index (χ4v) is 4.48. The van der Waals surface area contributed by atoms with Gasteiger partial charge in [-0.3, -0.25) is 12.2 Å². The number of rotatable bonds is 2. The average molecular weight is 434 g/mol. The van der Waals surface area contributed by atoms with Crippen LogP contribution in [-0.2, 0) is 21.7 Å². The molecule has 0 saturated heterocycles. The SMILES string of the molecule is C[Si](C)(Cl)C1=[C-]CC=C1.C[Si](C)(Cl)C1=[C-]CC=C1.[Cl-].[Cl-].[Ti+4]. The molecule has 2 aliphatic carbocycles. The van der Waals surface area contributed by atoms with E-state index in [2.05, 4.69) is 62.6 Å². The first kappa shape index (κ1) is 27.1. The predicted molar refractivity (Wildman–Crippen MR) is 87.7 cm³/mol. The molecule has 0 fully saturated rings. The van der Waals surface area contributed by atoms with Crippen LogP contribution in [0, 0.1) is 12.2 Å². The first-order valence-corrected chi connectivity index (χ1v) is 14.2. The molecule has 0 amide bonds. The number of halogens is 4. The van der Waals surface area contributed by atoms with E-state index in [1.165, 1.54) is 10.4 Å². The maximum absolute atomic E-state index is 6.13. The number of allylic oxidation sites excluding steroid dienone is 8. The van der Waals surface area contributed by atoms with Crippen molar-refractivity contribution in [3.63, 3.8) is 0 Å². The van der Waals surface area contributed by atoms with Crippen molar-refractivity contribution in [3.05, 3.63) is 46.8 Å². The molecule has 0 bridgehead atoms. The number of hydrogen-bond donors (Lipinski definition) is 0. The summed E-state index contributed by atoms with van der Waals surface area (Å²) in [6, 6.07) is 0. The van der Waals surface area contributed by atoms with E-state index in [1.54, 1.807) is 0 Å². The standard InChI is InChI=1S/2C7H10ClSi.2ClH.Ti/c2*1-9(2,8)7-5-3-4-6-7;;;/h2*3,5H,4H2,1-2H3;2*1H;/q2*-1;;;+4/p-2. The molecule has 0 saturated carbocycles. The Kier molecular flexibility index (Phi) is 15.2. The first-order valence-electron chi connectivity index (χ1n) is 6.15. The van der Waals surface area contributed by atoms with Crippen molar-refractivity contribution in [3.8, 4) is 0 Å². The summed E-state index contributed by atoms with van der Waals surface area (Å²) in [4.78, 5) is 0. The Labute approximate surface area is 168 Å². The van der Waals surface area contributed by atoms with Crippen LogP contribution in [0.25, 0.3) is 0 Å². The van der Waals surface area contributed by atoms with Crippen LogP contribution in [0.1, 0.15) is 12.8 Å². The van der Waals surface area contributed by atoms with Gasteiger partial charge in [0.2, 0.25) is 0 Å². The zero-order valence-electron chi connectivity index (χ0n) is 12.7. The molecule has 0 aliphatic heterocycles. The van der Waals surface area contributed by atoms with Gasteiger partial charge >= 0.3 is 21.7 Å². The first-order chi connectivity index (χ1) is 8.21. The molecule has 0 radical (unpaired) electrons. The molecule has 0 unspecified atom stereocenters. The Balaban J connectivity index is -0.000000270. The molecule has 21 heavy (non-hydrogen) atoms. The molecule has 0 aromatic heterocycles. The molecular formula is C14H20Cl4Si2Ti. The minimum Gasteiger partial charge on any atom is -1.00 e. The summed E-state index contributed by atoms with van der Waals surface area (Å²) in [7, 11) is -3.07. The Morgan fingerprint density at radius 3 is 1.19 bits per heavy atom. The Hall–Kier alpha value is 1.27. The average Bonchev–Trinajstić information content (AvgIpc) is 2.91. The van der Waals surface area contributed by atoms with Crippen LogP contribution in [0.4, 0.5) is 0 Å². The van der Waals surface area contributed by atoms with Crippen LogP contribution in [0.3, 0.4) is 0 Å². The van der Waals surface area contributed by atoms with E-state index in [-0.39, 0.29) is 46.5 Å². The molecule has 2 aliphatic rings. The Morgan fingerprint density at radius 2 is 1.10 bits per heavy atom. The maximum atomic E-state index is 6.13. The zero-order chi connectivity index (χ0) is 13.8. The molecule has 0 aromatic rings. The quantitative estimate of drug-likeness (QED) is 0.307. The molecule has 0 atom stereocenters. The molecule has 0 N–H and O–H groups in total. The number of hydrogen-bond acceptors (Lipinski definition) is 0. The molecule has 0 aromatic carbocycles. The third-order valence-electron chi connectivity index (χ3n) is 2.67.